The number of thiocarbonyl (C=S) groups is 1. The number of hydrogen-bond acceptors (Lipinski definition) is 7. The van der Waals surface area contributed by atoms with Gasteiger partial charge in [-0.15, -0.1) is 0 Å². The molecular weight excluding hydrogens is 390 g/mol. The van der Waals surface area contributed by atoms with Crippen LogP contribution in [0.4, 0.5) is 5.69 Å². The number of carbonyl (C=O) groups excluding carboxylic acids is 2. The summed E-state index contributed by atoms with van der Waals surface area (Å²) in [5.41, 5.74) is 2.68. The molecule has 1 aliphatic rings. The molecule has 0 aromatic heterocycles. The molecule has 0 atom stereocenters. The standard InChI is InChI=1S/C17H11N3O5S2/c21-13-7-6-10(8-12(13)20(24)25)9-14-16(23)19(17(26)27-14)18-15(22)11-4-2-1-3-5-11/h1-9,21H,(H,18,22). The number of nitro groups is 1. The van der Waals surface area contributed by atoms with Gasteiger partial charge >= 0.3 is 5.69 Å². The highest BCUT2D eigenvalue weighted by Crippen LogP contribution is 2.33. The van der Waals surface area contributed by atoms with Gasteiger partial charge in [-0.05, 0) is 42.1 Å². The van der Waals surface area contributed by atoms with E-state index in [2.05, 4.69) is 5.43 Å². The molecule has 8 nitrogen and oxygen atoms in total. The molecule has 2 N–H and O–H groups in total. The molecule has 0 spiro atoms. The summed E-state index contributed by atoms with van der Waals surface area (Å²) in [5, 5.41) is 21.4. The van der Waals surface area contributed by atoms with Crippen molar-refractivity contribution in [3.63, 3.8) is 0 Å². The average Bonchev–Trinajstić information content (AvgIpc) is 2.91. The third-order valence-corrected chi connectivity index (χ3v) is 4.84. The minimum atomic E-state index is -0.724. The highest BCUT2D eigenvalue weighted by Gasteiger charge is 2.33. The molecule has 136 valence electrons. The fraction of sp³-hybridized carbons (Fsp3) is 0. The molecule has 27 heavy (non-hydrogen) atoms. The highest BCUT2D eigenvalue weighted by molar-refractivity contribution is 8.26. The van der Waals surface area contributed by atoms with E-state index in [1.54, 1.807) is 30.3 Å². The number of hydrogen-bond donors (Lipinski definition) is 2. The zero-order valence-electron chi connectivity index (χ0n) is 13.5. The Morgan fingerprint density at radius 1 is 1.26 bits per heavy atom. The van der Waals surface area contributed by atoms with E-state index in [-0.39, 0.29) is 9.23 Å². The maximum absolute atomic E-state index is 12.5. The van der Waals surface area contributed by atoms with E-state index in [4.69, 9.17) is 12.2 Å². The van der Waals surface area contributed by atoms with Gasteiger partial charge in [0.05, 0.1) is 9.83 Å². The number of phenolic OH excluding ortho intramolecular Hbond substituents is 1. The van der Waals surface area contributed by atoms with Crippen LogP contribution in [-0.4, -0.2) is 31.2 Å². The van der Waals surface area contributed by atoms with Crippen LogP contribution in [0, 0.1) is 10.1 Å². The zero-order valence-corrected chi connectivity index (χ0v) is 15.1. The Balaban J connectivity index is 1.82. The summed E-state index contributed by atoms with van der Waals surface area (Å²) in [4.78, 5) is 35.1. The van der Waals surface area contributed by atoms with Gasteiger partial charge < -0.3 is 5.11 Å². The molecule has 1 fully saturated rings. The van der Waals surface area contributed by atoms with E-state index < -0.39 is 28.2 Å². The van der Waals surface area contributed by atoms with Crippen LogP contribution in [0.1, 0.15) is 15.9 Å². The molecule has 1 heterocycles. The monoisotopic (exact) mass is 401 g/mol. The van der Waals surface area contributed by atoms with Gasteiger partial charge in [-0.2, -0.15) is 5.01 Å². The first kappa shape index (κ1) is 18.5. The van der Waals surface area contributed by atoms with Crippen LogP contribution in [0.2, 0.25) is 0 Å². The first-order valence-electron chi connectivity index (χ1n) is 7.48. The minimum absolute atomic E-state index is 0.129. The first-order chi connectivity index (χ1) is 12.9. The van der Waals surface area contributed by atoms with Crippen molar-refractivity contribution in [2.45, 2.75) is 0 Å². The largest absolute Gasteiger partial charge is 0.502 e. The first-order valence-corrected chi connectivity index (χ1v) is 8.70. The lowest BCUT2D eigenvalue weighted by molar-refractivity contribution is -0.385. The fourth-order valence-corrected chi connectivity index (χ4v) is 3.43. The van der Waals surface area contributed by atoms with Gasteiger partial charge in [0, 0.05) is 11.6 Å². The summed E-state index contributed by atoms with van der Waals surface area (Å²) in [5.74, 6) is -1.52. The summed E-state index contributed by atoms with van der Waals surface area (Å²) >= 11 is 6.09. The Morgan fingerprint density at radius 2 is 1.96 bits per heavy atom. The Kier molecular flexibility index (Phi) is 5.19. The second-order valence-corrected chi connectivity index (χ2v) is 7.01. The Labute approximate surface area is 162 Å². The third kappa shape index (κ3) is 3.96. The molecule has 10 heteroatoms. The van der Waals surface area contributed by atoms with Crippen LogP contribution < -0.4 is 5.43 Å². The number of hydrazine groups is 1. The normalized spacial score (nSPS) is 15.3. The van der Waals surface area contributed by atoms with Gasteiger partial charge in [-0.3, -0.25) is 25.1 Å². The molecule has 2 amide bonds. The maximum Gasteiger partial charge on any atom is 0.311 e. The Morgan fingerprint density at radius 3 is 2.63 bits per heavy atom. The number of benzene rings is 2. The van der Waals surface area contributed by atoms with Crippen LogP contribution in [-0.2, 0) is 4.79 Å². The summed E-state index contributed by atoms with van der Waals surface area (Å²) in [6, 6.07) is 12.1. The van der Waals surface area contributed by atoms with Gasteiger partial charge in [0.15, 0.2) is 10.1 Å². The fourth-order valence-electron chi connectivity index (χ4n) is 2.25. The number of rotatable bonds is 4. The van der Waals surface area contributed by atoms with E-state index in [0.717, 1.165) is 22.8 Å². The van der Waals surface area contributed by atoms with Crippen molar-refractivity contribution in [3.05, 3.63) is 74.7 Å². The van der Waals surface area contributed by atoms with Crippen molar-refractivity contribution in [1.82, 2.24) is 10.4 Å². The lowest BCUT2D eigenvalue weighted by Crippen LogP contribution is -2.44. The predicted molar refractivity (Wildman–Crippen MR) is 104 cm³/mol. The zero-order chi connectivity index (χ0) is 19.6. The number of thioether (sulfide) groups is 1. The van der Waals surface area contributed by atoms with Crippen molar-refractivity contribution in [3.8, 4) is 5.75 Å². The maximum atomic E-state index is 12.5. The van der Waals surface area contributed by atoms with Crippen LogP contribution >= 0.6 is 24.0 Å². The van der Waals surface area contributed by atoms with Gasteiger partial charge in [-0.25, -0.2) is 0 Å². The number of nitro benzene ring substituents is 1. The molecule has 0 radical (unpaired) electrons. The number of phenols is 1. The molecule has 1 saturated heterocycles. The average molecular weight is 401 g/mol. The number of nitrogens with one attached hydrogen (secondary N) is 1. The van der Waals surface area contributed by atoms with Crippen molar-refractivity contribution >= 4 is 51.9 Å². The topological polar surface area (TPSA) is 113 Å². The van der Waals surface area contributed by atoms with Gasteiger partial charge in [-0.1, -0.05) is 36.0 Å². The molecule has 0 bridgehead atoms. The van der Waals surface area contributed by atoms with E-state index in [1.165, 1.54) is 18.2 Å². The molecule has 3 rings (SSSR count). The third-order valence-electron chi connectivity index (χ3n) is 3.54. The second kappa shape index (κ2) is 7.56. The number of amides is 2. The SMILES string of the molecule is O=C(NN1C(=O)C(=Cc2ccc(O)c([N+](=O)[O-])c2)SC1=S)c1ccccc1. The van der Waals surface area contributed by atoms with Crippen LogP contribution in [0.15, 0.2) is 53.4 Å². The summed E-state index contributed by atoms with van der Waals surface area (Å²) in [7, 11) is 0. The molecule has 2 aromatic carbocycles. The van der Waals surface area contributed by atoms with Crippen LogP contribution in [0.25, 0.3) is 6.08 Å². The van der Waals surface area contributed by atoms with Gasteiger partial charge in [0.2, 0.25) is 0 Å². The predicted octanol–water partition coefficient (Wildman–Crippen LogP) is 2.85. The van der Waals surface area contributed by atoms with Gasteiger partial charge in [0.25, 0.3) is 11.8 Å². The number of nitrogens with zero attached hydrogens (tertiary/aromatic N) is 2. The lowest BCUT2D eigenvalue weighted by Gasteiger charge is -2.15. The van der Waals surface area contributed by atoms with E-state index in [1.807, 2.05) is 0 Å². The molecule has 1 aliphatic heterocycles. The second-order valence-electron chi connectivity index (χ2n) is 5.33. The van der Waals surface area contributed by atoms with E-state index >= 15 is 0 Å². The smallest absolute Gasteiger partial charge is 0.311 e. The van der Waals surface area contributed by atoms with Crippen molar-refractivity contribution in [1.29, 1.82) is 0 Å². The van der Waals surface area contributed by atoms with E-state index in [9.17, 15) is 24.8 Å². The molecule has 0 aliphatic carbocycles. The van der Waals surface area contributed by atoms with Crippen molar-refractivity contribution in [2.24, 2.45) is 0 Å². The molecule has 0 unspecified atom stereocenters. The summed E-state index contributed by atoms with van der Waals surface area (Å²) < 4.78 is 0.129. The summed E-state index contributed by atoms with van der Waals surface area (Å²) in [6.45, 7) is 0. The van der Waals surface area contributed by atoms with Gasteiger partial charge in [0.1, 0.15) is 0 Å². The van der Waals surface area contributed by atoms with E-state index in [0.29, 0.717) is 11.1 Å². The highest BCUT2D eigenvalue weighted by atomic mass is 32.2. The molecule has 2 aromatic rings. The quantitative estimate of drug-likeness (QED) is 0.350. The molecular formula is C17H11N3O5S2. The Hall–Kier alpha value is -3.24. The number of carbonyl (C=O) groups is 2. The van der Waals surface area contributed by atoms with Crippen molar-refractivity contribution in [2.75, 3.05) is 0 Å². The van der Waals surface area contributed by atoms with Crippen LogP contribution in [0.3, 0.4) is 0 Å². The lowest BCUT2D eigenvalue weighted by atomic mass is 10.1. The Bertz CT molecular complexity index is 991. The minimum Gasteiger partial charge on any atom is -0.502 e. The molecule has 0 saturated carbocycles. The van der Waals surface area contributed by atoms with Crippen LogP contribution in [0.5, 0.6) is 5.75 Å². The summed E-state index contributed by atoms with van der Waals surface area (Å²) in [6.07, 6.45) is 1.40. The van der Waals surface area contributed by atoms with Crippen molar-refractivity contribution < 1.29 is 19.6 Å². The number of aromatic hydroxyl groups is 1.